The third kappa shape index (κ3) is 3.36. The molecule has 0 bridgehead atoms. The van der Waals surface area contributed by atoms with Crippen molar-refractivity contribution in [3.63, 3.8) is 0 Å². The van der Waals surface area contributed by atoms with Gasteiger partial charge in [0.15, 0.2) is 0 Å². The minimum atomic E-state index is 0.00841. The van der Waals surface area contributed by atoms with Gasteiger partial charge in [0.2, 0.25) is 0 Å². The van der Waals surface area contributed by atoms with Crippen LogP contribution in [0.5, 0.6) is 0 Å². The van der Waals surface area contributed by atoms with Gasteiger partial charge >= 0.3 is 0 Å². The maximum atomic E-state index is 12.4. The molecule has 0 radical (unpaired) electrons. The van der Waals surface area contributed by atoms with Crippen molar-refractivity contribution in [1.29, 1.82) is 0 Å². The molecule has 0 spiro atoms. The van der Waals surface area contributed by atoms with E-state index < -0.39 is 0 Å². The van der Waals surface area contributed by atoms with E-state index in [1.807, 2.05) is 46.9 Å². The summed E-state index contributed by atoms with van der Waals surface area (Å²) in [4.78, 5) is 27.5. The number of anilines is 2. The molecule has 4 heterocycles. The molecule has 7 heteroatoms. The average molecular weight is 438 g/mol. The quantitative estimate of drug-likeness (QED) is 0.402. The Bertz CT molecular complexity index is 1460. The molecule has 0 unspecified atom stereocenters. The maximum Gasteiger partial charge on any atom is 0.272 e. The van der Waals surface area contributed by atoms with Crippen molar-refractivity contribution in [2.45, 2.75) is 6.42 Å². The smallest absolute Gasteiger partial charge is 0.272 e. The first-order chi connectivity index (χ1) is 15.7. The van der Waals surface area contributed by atoms with Crippen LogP contribution in [-0.4, -0.2) is 38.8 Å². The summed E-state index contributed by atoms with van der Waals surface area (Å²) in [5.74, 6) is 0.00841. The number of likely N-dealkylation sites (tertiary alicyclic amines) is 1. The van der Waals surface area contributed by atoms with Crippen LogP contribution >= 0.6 is 11.3 Å². The van der Waals surface area contributed by atoms with Gasteiger partial charge in [0.25, 0.3) is 5.91 Å². The van der Waals surface area contributed by atoms with E-state index >= 15 is 0 Å². The molecule has 6 nitrogen and oxygen atoms in total. The van der Waals surface area contributed by atoms with Gasteiger partial charge in [-0.1, -0.05) is 12.1 Å². The number of fused-ring (bicyclic) bond motifs is 2. The third-order valence-electron chi connectivity index (χ3n) is 5.81. The fourth-order valence-corrected chi connectivity index (χ4v) is 4.56. The molecule has 1 saturated heterocycles. The van der Waals surface area contributed by atoms with E-state index in [0.717, 1.165) is 58.4 Å². The van der Waals surface area contributed by atoms with Gasteiger partial charge in [-0.05, 0) is 54.4 Å². The van der Waals surface area contributed by atoms with Gasteiger partial charge in [0.05, 0.1) is 21.2 Å². The number of carbonyl (C=O) groups is 1. The zero-order valence-corrected chi connectivity index (χ0v) is 18.0. The van der Waals surface area contributed by atoms with Gasteiger partial charge in [-0.25, -0.2) is 4.98 Å². The van der Waals surface area contributed by atoms with Crippen LogP contribution in [0.15, 0.2) is 72.5 Å². The molecule has 1 aliphatic rings. The summed E-state index contributed by atoms with van der Waals surface area (Å²) in [5, 5.41) is 4.53. The van der Waals surface area contributed by atoms with Crippen molar-refractivity contribution < 1.29 is 4.79 Å². The molecule has 1 fully saturated rings. The van der Waals surface area contributed by atoms with Crippen LogP contribution in [-0.2, 0) is 0 Å². The number of rotatable bonds is 4. The van der Waals surface area contributed by atoms with Gasteiger partial charge in [-0.15, -0.1) is 11.3 Å². The highest BCUT2D eigenvalue weighted by Gasteiger charge is 2.22. The van der Waals surface area contributed by atoms with E-state index in [4.69, 9.17) is 0 Å². The predicted molar refractivity (Wildman–Crippen MR) is 128 cm³/mol. The highest BCUT2D eigenvalue weighted by molar-refractivity contribution is 7.16. The number of hydrogen-bond acceptors (Lipinski definition) is 6. The Morgan fingerprint density at radius 2 is 1.81 bits per heavy atom. The molecule has 2 aromatic carbocycles. The van der Waals surface area contributed by atoms with Gasteiger partial charge in [-0.2, -0.15) is 0 Å². The Morgan fingerprint density at radius 3 is 2.62 bits per heavy atom. The summed E-state index contributed by atoms with van der Waals surface area (Å²) in [6.07, 6.45) is 4.65. The van der Waals surface area contributed by atoms with Crippen molar-refractivity contribution in [1.82, 2.24) is 19.9 Å². The molecule has 0 aliphatic carbocycles. The predicted octanol–water partition coefficient (Wildman–Crippen LogP) is 5.50. The molecule has 1 N–H and O–H groups in total. The maximum absolute atomic E-state index is 12.4. The van der Waals surface area contributed by atoms with Crippen LogP contribution in [0.2, 0.25) is 0 Å². The molecule has 0 atom stereocenters. The zero-order valence-electron chi connectivity index (χ0n) is 17.2. The van der Waals surface area contributed by atoms with Crippen molar-refractivity contribution in [3.8, 4) is 11.1 Å². The van der Waals surface area contributed by atoms with Crippen molar-refractivity contribution in [3.05, 3.63) is 78.2 Å². The second kappa shape index (κ2) is 7.69. The lowest BCUT2D eigenvalue weighted by Gasteiger charge is -2.30. The van der Waals surface area contributed by atoms with Gasteiger partial charge in [-0.3, -0.25) is 14.8 Å². The van der Waals surface area contributed by atoms with E-state index in [1.165, 1.54) is 4.70 Å². The minimum absolute atomic E-state index is 0.00841. The molecule has 32 heavy (non-hydrogen) atoms. The Kier molecular flexibility index (Phi) is 4.54. The molecule has 6 rings (SSSR count). The average Bonchev–Trinajstić information content (AvgIpc) is 3.26. The van der Waals surface area contributed by atoms with Crippen LogP contribution < -0.4 is 5.32 Å². The second-order valence-electron chi connectivity index (χ2n) is 7.83. The van der Waals surface area contributed by atoms with Crippen LogP contribution in [0, 0.1) is 0 Å². The number of benzene rings is 2. The lowest BCUT2D eigenvalue weighted by atomic mass is 10.0. The summed E-state index contributed by atoms with van der Waals surface area (Å²) in [6.45, 7) is 1.65. The van der Waals surface area contributed by atoms with Crippen LogP contribution in [0.25, 0.3) is 32.2 Å². The highest BCUT2D eigenvalue weighted by Crippen LogP contribution is 2.31. The van der Waals surface area contributed by atoms with Gasteiger partial charge in [0.1, 0.15) is 5.69 Å². The van der Waals surface area contributed by atoms with Crippen LogP contribution in [0.4, 0.5) is 11.4 Å². The number of hydrogen-bond donors (Lipinski definition) is 1. The molecule has 5 aromatic rings. The molecular formula is C25H19N5OS. The van der Waals surface area contributed by atoms with Crippen LogP contribution in [0.3, 0.4) is 0 Å². The number of thiazole rings is 1. The normalized spacial score (nSPS) is 13.3. The Balaban J connectivity index is 1.33. The van der Waals surface area contributed by atoms with E-state index in [9.17, 15) is 4.79 Å². The van der Waals surface area contributed by atoms with Crippen molar-refractivity contribution >= 4 is 49.7 Å². The van der Waals surface area contributed by atoms with Crippen molar-refractivity contribution in [2.24, 2.45) is 0 Å². The number of nitrogens with one attached hydrogen (secondary N) is 1. The van der Waals surface area contributed by atoms with Gasteiger partial charge in [0, 0.05) is 47.8 Å². The minimum Gasteiger partial charge on any atom is -0.355 e. The molecule has 156 valence electrons. The number of nitrogens with zero attached hydrogens (tertiary/aromatic N) is 4. The summed E-state index contributed by atoms with van der Waals surface area (Å²) in [5.41, 5.74) is 8.20. The molecule has 0 saturated carbocycles. The molecule has 1 amide bonds. The second-order valence-corrected chi connectivity index (χ2v) is 8.71. The zero-order chi connectivity index (χ0) is 21.5. The topological polar surface area (TPSA) is 71.0 Å². The standard InChI is InChI=1S/C25H19N5OS/c31-25(30-10-1-11-30)22-6-3-17(14-27-22)16-2-5-20-19(12-16)21(8-9-26-20)29-18-4-7-24-23(13-18)28-15-32-24/h2-9,12-15H,1,10-11H2,(H,26,29). The van der Waals surface area contributed by atoms with E-state index in [1.54, 1.807) is 17.5 Å². The molecular weight excluding hydrogens is 418 g/mol. The van der Waals surface area contributed by atoms with Gasteiger partial charge < -0.3 is 10.2 Å². The summed E-state index contributed by atoms with van der Waals surface area (Å²) < 4.78 is 1.17. The third-order valence-corrected chi connectivity index (χ3v) is 6.62. The number of aromatic nitrogens is 3. The Labute approximate surface area is 188 Å². The number of amides is 1. The van der Waals surface area contributed by atoms with Crippen LogP contribution in [0.1, 0.15) is 16.9 Å². The fourth-order valence-electron chi connectivity index (χ4n) is 3.90. The SMILES string of the molecule is O=C(c1ccc(-c2ccc3nccc(Nc4ccc5scnc5c4)c3c2)cn1)N1CCC1. The largest absolute Gasteiger partial charge is 0.355 e. The monoisotopic (exact) mass is 437 g/mol. The summed E-state index contributed by atoms with van der Waals surface area (Å²) in [7, 11) is 0. The summed E-state index contributed by atoms with van der Waals surface area (Å²) >= 11 is 1.63. The van der Waals surface area contributed by atoms with E-state index in [-0.39, 0.29) is 5.91 Å². The number of pyridine rings is 2. The Morgan fingerprint density at radius 1 is 0.906 bits per heavy atom. The first kappa shape index (κ1) is 18.9. The Hall–Kier alpha value is -3.84. The lowest BCUT2D eigenvalue weighted by molar-refractivity contribution is 0.0645. The summed E-state index contributed by atoms with van der Waals surface area (Å²) in [6, 6.07) is 18.1. The first-order valence-electron chi connectivity index (χ1n) is 10.5. The lowest BCUT2D eigenvalue weighted by Crippen LogP contribution is -2.42. The van der Waals surface area contributed by atoms with E-state index in [2.05, 4.69) is 44.5 Å². The highest BCUT2D eigenvalue weighted by atomic mass is 32.1. The van der Waals surface area contributed by atoms with Crippen molar-refractivity contribution in [2.75, 3.05) is 18.4 Å². The molecule has 3 aromatic heterocycles. The first-order valence-corrected chi connectivity index (χ1v) is 11.4. The number of carbonyl (C=O) groups excluding carboxylic acids is 1. The molecule has 1 aliphatic heterocycles. The van der Waals surface area contributed by atoms with E-state index in [0.29, 0.717) is 5.69 Å². The fraction of sp³-hybridized carbons (Fsp3) is 0.120.